The first-order valence-electron chi connectivity index (χ1n) is 3.26. The molecule has 64 valence electrons. The van der Waals surface area contributed by atoms with E-state index in [0.717, 1.165) is 0 Å². The van der Waals surface area contributed by atoms with Crippen molar-refractivity contribution in [1.82, 2.24) is 9.97 Å². The number of carboxylic acids is 1. The second kappa shape index (κ2) is 3.06. The Morgan fingerprint density at radius 1 is 1.42 bits per heavy atom. The highest BCUT2D eigenvalue weighted by molar-refractivity contribution is 6.28. The van der Waals surface area contributed by atoms with Crippen molar-refractivity contribution in [3.63, 3.8) is 0 Å². The van der Waals surface area contributed by atoms with Gasteiger partial charge in [-0.25, -0.2) is 14.8 Å². The number of hydrogen-bond acceptors (Lipinski definition) is 3. The van der Waals surface area contributed by atoms with Gasteiger partial charge in [0.15, 0.2) is 5.69 Å². The molecule has 0 saturated heterocycles. The molecule has 12 heavy (non-hydrogen) atoms. The number of aromatic nitrogens is 2. The monoisotopic (exact) mass is 186 g/mol. The zero-order valence-corrected chi connectivity index (χ0v) is 7.38. The lowest BCUT2D eigenvalue weighted by atomic mass is 10.2. The second-order valence-electron chi connectivity index (χ2n) is 2.36. The van der Waals surface area contributed by atoms with E-state index in [1.807, 2.05) is 0 Å². The Balaban J connectivity index is 3.37. The van der Waals surface area contributed by atoms with Crippen molar-refractivity contribution in [3.8, 4) is 0 Å². The van der Waals surface area contributed by atoms with Gasteiger partial charge >= 0.3 is 5.97 Å². The average molecular weight is 187 g/mol. The molecule has 0 amide bonds. The number of nitrogens with zero attached hydrogens (tertiary/aromatic N) is 2. The molecule has 0 bridgehead atoms. The first kappa shape index (κ1) is 8.93. The molecule has 0 radical (unpaired) electrons. The molecule has 1 N–H and O–H groups in total. The quantitative estimate of drug-likeness (QED) is 0.675. The summed E-state index contributed by atoms with van der Waals surface area (Å²) in [4.78, 5) is 18.0. The predicted molar refractivity (Wildman–Crippen MR) is 43.5 cm³/mol. The fourth-order valence-electron chi connectivity index (χ4n) is 0.803. The summed E-state index contributed by atoms with van der Waals surface area (Å²) in [5.41, 5.74) is 1.10. The molecule has 0 unspecified atom stereocenters. The first-order valence-corrected chi connectivity index (χ1v) is 3.64. The van der Waals surface area contributed by atoms with Crippen LogP contribution >= 0.6 is 11.6 Å². The van der Waals surface area contributed by atoms with Crippen molar-refractivity contribution >= 4 is 17.6 Å². The summed E-state index contributed by atoms with van der Waals surface area (Å²) in [6, 6.07) is 0. The minimum atomic E-state index is -1.08. The van der Waals surface area contributed by atoms with E-state index in [2.05, 4.69) is 9.97 Å². The van der Waals surface area contributed by atoms with Crippen molar-refractivity contribution in [1.29, 1.82) is 0 Å². The summed E-state index contributed by atoms with van der Waals surface area (Å²) in [5.74, 6) is -1.08. The third-order valence-corrected chi connectivity index (χ3v) is 1.73. The van der Waals surface area contributed by atoms with Crippen LogP contribution < -0.4 is 0 Å². The van der Waals surface area contributed by atoms with E-state index in [1.54, 1.807) is 13.8 Å². The molecule has 0 spiro atoms. The van der Waals surface area contributed by atoms with Crippen LogP contribution in [0.1, 0.15) is 21.7 Å². The van der Waals surface area contributed by atoms with Gasteiger partial charge in [-0.05, 0) is 25.4 Å². The van der Waals surface area contributed by atoms with E-state index in [9.17, 15) is 4.79 Å². The van der Waals surface area contributed by atoms with Crippen LogP contribution in [0.2, 0.25) is 5.28 Å². The fraction of sp³-hybridized carbons (Fsp3) is 0.286. The van der Waals surface area contributed by atoms with E-state index in [1.165, 1.54) is 0 Å². The molecule has 5 heteroatoms. The molecule has 4 nitrogen and oxygen atoms in total. The largest absolute Gasteiger partial charge is 0.476 e. The van der Waals surface area contributed by atoms with Crippen molar-refractivity contribution in [2.75, 3.05) is 0 Å². The van der Waals surface area contributed by atoms with Gasteiger partial charge in [0.2, 0.25) is 5.28 Å². The standard InChI is InChI=1S/C7H7ClN2O2/c1-3-4(2)9-7(8)10-5(3)6(11)12/h1-2H3,(H,11,12). The number of aromatic carboxylic acids is 1. The second-order valence-corrected chi connectivity index (χ2v) is 2.69. The molecule has 0 aliphatic rings. The van der Waals surface area contributed by atoms with Crippen LogP contribution in [0.25, 0.3) is 0 Å². The Kier molecular flexibility index (Phi) is 2.28. The SMILES string of the molecule is Cc1nc(Cl)nc(C(=O)O)c1C. The van der Waals surface area contributed by atoms with Gasteiger partial charge in [0.05, 0.1) is 0 Å². The number of rotatable bonds is 1. The minimum Gasteiger partial charge on any atom is -0.476 e. The number of carbonyl (C=O) groups is 1. The van der Waals surface area contributed by atoms with Crippen LogP contribution in [-0.4, -0.2) is 21.0 Å². The van der Waals surface area contributed by atoms with Crippen molar-refractivity contribution in [3.05, 3.63) is 22.2 Å². The summed E-state index contributed by atoms with van der Waals surface area (Å²) in [7, 11) is 0. The molecule has 0 aliphatic heterocycles. The molecular weight excluding hydrogens is 180 g/mol. The van der Waals surface area contributed by atoms with Crippen molar-refractivity contribution in [2.45, 2.75) is 13.8 Å². The van der Waals surface area contributed by atoms with Gasteiger partial charge in [-0.15, -0.1) is 0 Å². The molecule has 1 aromatic heterocycles. The lowest BCUT2D eigenvalue weighted by Crippen LogP contribution is -2.06. The summed E-state index contributed by atoms with van der Waals surface area (Å²) >= 11 is 5.48. The Bertz CT molecular complexity index is 338. The fourth-order valence-corrected chi connectivity index (χ4v) is 1.01. The Labute approximate surface area is 74.2 Å². The van der Waals surface area contributed by atoms with Crippen LogP contribution in [0, 0.1) is 13.8 Å². The van der Waals surface area contributed by atoms with E-state index in [4.69, 9.17) is 16.7 Å². The maximum atomic E-state index is 10.6. The van der Waals surface area contributed by atoms with Gasteiger partial charge in [-0.1, -0.05) is 0 Å². The number of carboxylic acid groups (broad SMARTS) is 1. The lowest BCUT2D eigenvalue weighted by molar-refractivity contribution is 0.0689. The maximum Gasteiger partial charge on any atom is 0.354 e. The third-order valence-electron chi connectivity index (χ3n) is 1.56. The van der Waals surface area contributed by atoms with Crippen molar-refractivity contribution < 1.29 is 9.90 Å². The predicted octanol–water partition coefficient (Wildman–Crippen LogP) is 1.45. The molecule has 0 fully saturated rings. The van der Waals surface area contributed by atoms with Gasteiger partial charge in [0, 0.05) is 11.3 Å². The number of hydrogen-bond donors (Lipinski definition) is 1. The normalized spacial score (nSPS) is 9.92. The van der Waals surface area contributed by atoms with E-state index in [0.29, 0.717) is 11.3 Å². The molecule has 1 rings (SSSR count). The zero-order valence-electron chi connectivity index (χ0n) is 6.63. The number of halogens is 1. The summed E-state index contributed by atoms with van der Waals surface area (Å²) in [6.45, 7) is 3.34. The first-order chi connectivity index (χ1) is 5.52. The van der Waals surface area contributed by atoms with Gasteiger partial charge in [0.1, 0.15) is 0 Å². The number of aryl methyl sites for hydroxylation is 1. The molecular formula is C7H7ClN2O2. The van der Waals surface area contributed by atoms with Crippen LogP contribution in [0.15, 0.2) is 0 Å². The summed E-state index contributed by atoms with van der Waals surface area (Å²) < 4.78 is 0. The topological polar surface area (TPSA) is 63.1 Å². The molecule has 1 aromatic rings. The van der Waals surface area contributed by atoms with Crippen molar-refractivity contribution in [2.24, 2.45) is 0 Å². The minimum absolute atomic E-state index is 0.0319. The summed E-state index contributed by atoms with van der Waals surface area (Å²) in [5, 5.41) is 8.63. The van der Waals surface area contributed by atoms with Crippen LogP contribution in [0.3, 0.4) is 0 Å². The zero-order chi connectivity index (χ0) is 9.30. The molecule has 1 heterocycles. The lowest BCUT2D eigenvalue weighted by Gasteiger charge is -2.02. The summed E-state index contributed by atoms with van der Waals surface area (Å²) in [6.07, 6.45) is 0. The van der Waals surface area contributed by atoms with Gasteiger partial charge in [-0.3, -0.25) is 0 Å². The van der Waals surface area contributed by atoms with Crippen LogP contribution in [-0.2, 0) is 0 Å². The molecule has 0 aromatic carbocycles. The maximum absolute atomic E-state index is 10.6. The highest BCUT2D eigenvalue weighted by atomic mass is 35.5. The van der Waals surface area contributed by atoms with E-state index < -0.39 is 5.97 Å². The third kappa shape index (κ3) is 1.53. The smallest absolute Gasteiger partial charge is 0.354 e. The molecule has 0 aliphatic carbocycles. The van der Waals surface area contributed by atoms with Gasteiger partial charge in [-0.2, -0.15) is 0 Å². The van der Waals surface area contributed by atoms with E-state index >= 15 is 0 Å². The highest BCUT2D eigenvalue weighted by Gasteiger charge is 2.12. The van der Waals surface area contributed by atoms with Crippen LogP contribution in [0.4, 0.5) is 0 Å². The molecule has 0 atom stereocenters. The van der Waals surface area contributed by atoms with Gasteiger partial charge < -0.3 is 5.11 Å². The Morgan fingerprint density at radius 2 is 2.00 bits per heavy atom. The van der Waals surface area contributed by atoms with Gasteiger partial charge in [0.25, 0.3) is 0 Å². The average Bonchev–Trinajstić information content (AvgIpc) is 1.96. The Hall–Kier alpha value is -1.16. The van der Waals surface area contributed by atoms with E-state index in [-0.39, 0.29) is 11.0 Å². The Morgan fingerprint density at radius 3 is 2.50 bits per heavy atom. The molecule has 0 saturated carbocycles. The van der Waals surface area contributed by atoms with Crippen LogP contribution in [0.5, 0.6) is 0 Å². The highest BCUT2D eigenvalue weighted by Crippen LogP contribution is 2.11.